The van der Waals surface area contributed by atoms with Gasteiger partial charge in [-0.15, -0.1) is 11.3 Å². The molecule has 1 aromatic heterocycles. The Balaban J connectivity index is 1.63. The van der Waals surface area contributed by atoms with Gasteiger partial charge < -0.3 is 15.4 Å². The summed E-state index contributed by atoms with van der Waals surface area (Å²) < 4.78 is 5.95. The van der Waals surface area contributed by atoms with Gasteiger partial charge in [-0.1, -0.05) is 19.3 Å². The molecular formula is C17H30N4OS. The average Bonchev–Trinajstić information content (AvgIpc) is 2.98. The van der Waals surface area contributed by atoms with Gasteiger partial charge in [0, 0.05) is 30.8 Å². The van der Waals surface area contributed by atoms with E-state index in [1.807, 2.05) is 13.1 Å². The Bertz CT molecular complexity index is 469. The fourth-order valence-electron chi connectivity index (χ4n) is 2.74. The molecule has 130 valence electrons. The molecule has 0 spiro atoms. The minimum absolute atomic E-state index is 0.500. The van der Waals surface area contributed by atoms with E-state index in [0.29, 0.717) is 12.6 Å². The van der Waals surface area contributed by atoms with E-state index in [9.17, 15) is 0 Å². The molecule has 1 saturated carbocycles. The zero-order valence-corrected chi connectivity index (χ0v) is 15.3. The highest BCUT2D eigenvalue weighted by atomic mass is 32.1. The van der Waals surface area contributed by atoms with Crippen molar-refractivity contribution in [2.75, 3.05) is 19.7 Å². The monoisotopic (exact) mass is 338 g/mol. The second-order valence-corrected chi connectivity index (χ2v) is 7.27. The predicted octanol–water partition coefficient (Wildman–Crippen LogP) is 3.25. The van der Waals surface area contributed by atoms with Crippen LogP contribution in [0.4, 0.5) is 0 Å². The summed E-state index contributed by atoms with van der Waals surface area (Å²) in [5.74, 6) is 0.871. The number of hydrogen-bond donors (Lipinski definition) is 2. The minimum atomic E-state index is 0.500. The lowest BCUT2D eigenvalue weighted by Crippen LogP contribution is -2.38. The summed E-state index contributed by atoms with van der Waals surface area (Å²) >= 11 is 1.70. The van der Waals surface area contributed by atoms with Gasteiger partial charge in [0.05, 0.1) is 17.7 Å². The molecule has 1 aliphatic carbocycles. The van der Waals surface area contributed by atoms with E-state index < -0.39 is 0 Å². The van der Waals surface area contributed by atoms with Crippen molar-refractivity contribution in [2.45, 2.75) is 65.0 Å². The number of guanidine groups is 1. The number of aromatic nitrogens is 1. The summed E-state index contributed by atoms with van der Waals surface area (Å²) in [6.45, 7) is 7.38. The number of nitrogens with zero attached hydrogens (tertiary/aromatic N) is 2. The first-order valence-corrected chi connectivity index (χ1v) is 9.64. The van der Waals surface area contributed by atoms with Gasteiger partial charge in [0.1, 0.15) is 0 Å². The molecule has 1 heterocycles. The topological polar surface area (TPSA) is 58.5 Å². The molecule has 5 nitrogen and oxygen atoms in total. The summed E-state index contributed by atoms with van der Waals surface area (Å²) in [6.07, 6.45) is 9.95. The van der Waals surface area contributed by atoms with E-state index in [2.05, 4.69) is 27.5 Å². The van der Waals surface area contributed by atoms with Crippen LogP contribution in [0.25, 0.3) is 0 Å². The van der Waals surface area contributed by atoms with Crippen molar-refractivity contribution in [1.29, 1.82) is 0 Å². The average molecular weight is 339 g/mol. The summed E-state index contributed by atoms with van der Waals surface area (Å²) in [4.78, 5) is 10.1. The van der Waals surface area contributed by atoms with Crippen molar-refractivity contribution in [3.63, 3.8) is 0 Å². The zero-order valence-electron chi connectivity index (χ0n) is 14.4. The molecule has 0 unspecified atom stereocenters. The number of aryl methyl sites for hydroxylation is 1. The molecule has 0 saturated heterocycles. The molecule has 0 bridgehead atoms. The molecule has 2 rings (SSSR count). The highest BCUT2D eigenvalue weighted by Gasteiger charge is 2.12. The van der Waals surface area contributed by atoms with Crippen LogP contribution in [0.2, 0.25) is 0 Å². The van der Waals surface area contributed by atoms with Crippen molar-refractivity contribution >= 4 is 17.3 Å². The zero-order chi connectivity index (χ0) is 16.3. The maximum Gasteiger partial charge on any atom is 0.191 e. The maximum absolute atomic E-state index is 5.95. The van der Waals surface area contributed by atoms with Gasteiger partial charge in [-0.25, -0.2) is 9.98 Å². The van der Waals surface area contributed by atoms with Crippen LogP contribution in [-0.4, -0.2) is 36.7 Å². The maximum atomic E-state index is 5.95. The third-order valence-corrected chi connectivity index (χ3v) is 4.82. The molecule has 0 aliphatic heterocycles. The molecule has 0 radical (unpaired) electrons. The Kier molecular flexibility index (Phi) is 8.39. The van der Waals surface area contributed by atoms with Crippen molar-refractivity contribution in [2.24, 2.45) is 4.99 Å². The van der Waals surface area contributed by atoms with Crippen LogP contribution in [0.1, 0.15) is 55.3 Å². The van der Waals surface area contributed by atoms with Crippen LogP contribution in [-0.2, 0) is 11.3 Å². The van der Waals surface area contributed by atoms with E-state index in [1.165, 1.54) is 37.0 Å². The van der Waals surface area contributed by atoms with Crippen LogP contribution in [0, 0.1) is 6.92 Å². The minimum Gasteiger partial charge on any atom is -0.378 e. The number of hydrogen-bond acceptors (Lipinski definition) is 4. The largest absolute Gasteiger partial charge is 0.378 e. The van der Waals surface area contributed by atoms with E-state index in [-0.39, 0.29) is 0 Å². The summed E-state index contributed by atoms with van der Waals surface area (Å²) in [7, 11) is 0. The van der Waals surface area contributed by atoms with Gasteiger partial charge >= 0.3 is 0 Å². The predicted molar refractivity (Wildman–Crippen MR) is 97.1 cm³/mol. The molecule has 1 fully saturated rings. The van der Waals surface area contributed by atoms with Crippen LogP contribution in [0.3, 0.4) is 0 Å². The normalized spacial score (nSPS) is 16.5. The number of ether oxygens (including phenoxy) is 1. The Morgan fingerprint density at radius 2 is 2.17 bits per heavy atom. The highest BCUT2D eigenvalue weighted by Crippen LogP contribution is 2.20. The quantitative estimate of drug-likeness (QED) is 0.434. The van der Waals surface area contributed by atoms with Crippen molar-refractivity contribution in [1.82, 2.24) is 15.6 Å². The molecule has 23 heavy (non-hydrogen) atoms. The Morgan fingerprint density at radius 3 is 2.87 bits per heavy atom. The van der Waals surface area contributed by atoms with Gasteiger partial charge in [-0.3, -0.25) is 0 Å². The molecule has 6 heteroatoms. The number of aliphatic imine (C=N–C) groups is 1. The summed E-state index contributed by atoms with van der Waals surface area (Å²) in [6, 6.07) is 0. The summed E-state index contributed by atoms with van der Waals surface area (Å²) in [5, 5.41) is 7.75. The first kappa shape index (κ1) is 18.2. The Morgan fingerprint density at radius 1 is 1.35 bits per heavy atom. The Labute approximate surface area is 144 Å². The van der Waals surface area contributed by atoms with E-state index in [0.717, 1.165) is 37.1 Å². The van der Waals surface area contributed by atoms with Gasteiger partial charge in [0.2, 0.25) is 0 Å². The lowest BCUT2D eigenvalue weighted by molar-refractivity contribution is 0.0277. The third kappa shape index (κ3) is 7.31. The molecule has 0 amide bonds. The number of thiazole rings is 1. The van der Waals surface area contributed by atoms with Crippen LogP contribution >= 0.6 is 11.3 Å². The van der Waals surface area contributed by atoms with Gasteiger partial charge in [0.15, 0.2) is 5.96 Å². The van der Waals surface area contributed by atoms with Gasteiger partial charge in [-0.2, -0.15) is 0 Å². The third-order valence-electron chi connectivity index (χ3n) is 3.93. The second kappa shape index (κ2) is 10.6. The lowest BCUT2D eigenvalue weighted by atomic mass is 9.98. The molecular weight excluding hydrogens is 308 g/mol. The molecule has 0 aromatic carbocycles. The smallest absolute Gasteiger partial charge is 0.191 e. The number of nitrogens with one attached hydrogen (secondary N) is 2. The van der Waals surface area contributed by atoms with Crippen molar-refractivity contribution < 1.29 is 4.74 Å². The van der Waals surface area contributed by atoms with E-state index in [4.69, 9.17) is 4.74 Å². The lowest BCUT2D eigenvalue weighted by Gasteiger charge is -2.22. The molecule has 0 atom stereocenters. The fourth-order valence-corrected chi connectivity index (χ4v) is 3.46. The van der Waals surface area contributed by atoms with Crippen molar-refractivity contribution in [3.8, 4) is 0 Å². The van der Waals surface area contributed by atoms with E-state index >= 15 is 0 Å². The van der Waals surface area contributed by atoms with E-state index in [1.54, 1.807) is 11.3 Å². The second-order valence-electron chi connectivity index (χ2n) is 5.95. The first-order chi connectivity index (χ1) is 11.3. The SMILES string of the molecule is CCNC(=NCc1cnc(C)s1)NCCCOC1CCCCC1. The van der Waals surface area contributed by atoms with Crippen LogP contribution in [0.5, 0.6) is 0 Å². The Hall–Kier alpha value is -1.14. The van der Waals surface area contributed by atoms with Gasteiger partial charge in [-0.05, 0) is 33.1 Å². The van der Waals surface area contributed by atoms with Crippen LogP contribution in [0.15, 0.2) is 11.2 Å². The molecule has 1 aliphatic rings. The van der Waals surface area contributed by atoms with Gasteiger partial charge in [0.25, 0.3) is 0 Å². The fraction of sp³-hybridized carbons (Fsp3) is 0.765. The highest BCUT2D eigenvalue weighted by molar-refractivity contribution is 7.11. The standard InChI is InChI=1S/C17H30N4OS/c1-3-18-17(21-13-16-12-20-14(2)23-16)19-10-7-11-22-15-8-5-4-6-9-15/h12,15H,3-11,13H2,1-2H3,(H2,18,19,21). The van der Waals surface area contributed by atoms with Crippen molar-refractivity contribution in [3.05, 3.63) is 16.1 Å². The molecule has 2 N–H and O–H groups in total. The summed E-state index contributed by atoms with van der Waals surface area (Å²) in [5.41, 5.74) is 0. The van der Waals surface area contributed by atoms with Crippen LogP contribution < -0.4 is 10.6 Å². The molecule has 1 aromatic rings. The number of rotatable bonds is 8. The first-order valence-electron chi connectivity index (χ1n) is 8.83.